The molecule has 1 aliphatic rings. The molecule has 1 unspecified atom stereocenters. The number of nitrogens with zero attached hydrogens (tertiary/aromatic N) is 2. The molecule has 1 heterocycles. The van der Waals surface area contributed by atoms with Crippen molar-refractivity contribution in [3.8, 4) is 0 Å². The van der Waals surface area contributed by atoms with Crippen LogP contribution >= 0.6 is 0 Å². The minimum atomic E-state index is 0.318. The van der Waals surface area contributed by atoms with E-state index in [0.29, 0.717) is 12.6 Å². The number of likely N-dealkylation sites (N-methyl/N-ethyl adjacent to an activating group) is 1. The number of fused-ring (bicyclic) bond motifs is 1. The molecule has 19 heavy (non-hydrogen) atoms. The molecule has 100 valence electrons. The van der Waals surface area contributed by atoms with E-state index < -0.39 is 0 Å². The van der Waals surface area contributed by atoms with E-state index in [1.54, 1.807) is 0 Å². The van der Waals surface area contributed by atoms with Crippen molar-refractivity contribution in [1.82, 2.24) is 9.88 Å². The lowest BCUT2D eigenvalue weighted by Gasteiger charge is -2.27. The SMILES string of the molecule is Cc1ccc2cc(C(CN)N(C)C3CC3)ccc2n1. The molecular formula is C16H21N3. The average Bonchev–Trinajstić information content (AvgIpc) is 3.24. The van der Waals surface area contributed by atoms with Crippen LogP contribution in [0.15, 0.2) is 30.3 Å². The molecule has 1 aromatic heterocycles. The van der Waals surface area contributed by atoms with Crippen molar-refractivity contribution in [2.75, 3.05) is 13.6 Å². The zero-order valence-electron chi connectivity index (χ0n) is 11.6. The summed E-state index contributed by atoms with van der Waals surface area (Å²) in [6.45, 7) is 2.69. The Kier molecular flexibility index (Phi) is 3.25. The first-order valence-corrected chi connectivity index (χ1v) is 6.98. The summed E-state index contributed by atoms with van der Waals surface area (Å²) in [5, 5.41) is 1.20. The number of nitrogens with two attached hydrogens (primary N) is 1. The van der Waals surface area contributed by atoms with Gasteiger partial charge < -0.3 is 5.73 Å². The highest BCUT2D eigenvalue weighted by Gasteiger charge is 2.31. The molecule has 0 bridgehead atoms. The van der Waals surface area contributed by atoms with Gasteiger partial charge in [0.05, 0.1) is 5.52 Å². The van der Waals surface area contributed by atoms with Crippen molar-refractivity contribution < 1.29 is 0 Å². The van der Waals surface area contributed by atoms with Crippen LogP contribution in [0.1, 0.15) is 30.1 Å². The first-order valence-electron chi connectivity index (χ1n) is 6.98. The highest BCUT2D eigenvalue weighted by atomic mass is 15.2. The molecule has 2 N–H and O–H groups in total. The Hall–Kier alpha value is -1.45. The Bertz CT molecular complexity index is 590. The van der Waals surface area contributed by atoms with Crippen LogP contribution < -0.4 is 5.73 Å². The van der Waals surface area contributed by atoms with E-state index in [1.807, 2.05) is 6.92 Å². The van der Waals surface area contributed by atoms with Gasteiger partial charge in [0.1, 0.15) is 0 Å². The Morgan fingerprint density at radius 1 is 1.32 bits per heavy atom. The predicted molar refractivity (Wildman–Crippen MR) is 79.1 cm³/mol. The third-order valence-electron chi connectivity index (χ3n) is 4.07. The molecule has 1 aromatic carbocycles. The van der Waals surface area contributed by atoms with E-state index in [9.17, 15) is 0 Å². The van der Waals surface area contributed by atoms with Crippen molar-refractivity contribution in [1.29, 1.82) is 0 Å². The lowest BCUT2D eigenvalue weighted by atomic mass is 10.0. The van der Waals surface area contributed by atoms with Crippen molar-refractivity contribution in [3.63, 3.8) is 0 Å². The number of pyridine rings is 1. The summed E-state index contributed by atoms with van der Waals surface area (Å²) in [4.78, 5) is 6.97. The molecule has 1 fully saturated rings. The minimum Gasteiger partial charge on any atom is -0.329 e. The van der Waals surface area contributed by atoms with Crippen LogP contribution in [0.25, 0.3) is 10.9 Å². The fourth-order valence-corrected chi connectivity index (χ4v) is 2.73. The summed E-state index contributed by atoms with van der Waals surface area (Å²) in [5.74, 6) is 0. The quantitative estimate of drug-likeness (QED) is 0.913. The molecule has 0 spiro atoms. The maximum absolute atomic E-state index is 5.98. The van der Waals surface area contributed by atoms with Crippen LogP contribution in [0.5, 0.6) is 0 Å². The maximum Gasteiger partial charge on any atom is 0.0705 e. The normalized spacial score (nSPS) is 17.1. The number of rotatable bonds is 4. The van der Waals surface area contributed by atoms with Gasteiger partial charge >= 0.3 is 0 Å². The number of benzene rings is 1. The van der Waals surface area contributed by atoms with E-state index in [1.165, 1.54) is 23.8 Å². The number of hydrogen-bond acceptors (Lipinski definition) is 3. The van der Waals surface area contributed by atoms with Gasteiger partial charge in [-0.05, 0) is 50.6 Å². The third kappa shape index (κ3) is 2.48. The highest BCUT2D eigenvalue weighted by molar-refractivity contribution is 5.79. The topological polar surface area (TPSA) is 42.1 Å². The maximum atomic E-state index is 5.98. The van der Waals surface area contributed by atoms with Crippen molar-refractivity contribution >= 4 is 10.9 Å². The largest absolute Gasteiger partial charge is 0.329 e. The summed E-state index contributed by atoms with van der Waals surface area (Å²) in [6.07, 6.45) is 2.61. The summed E-state index contributed by atoms with van der Waals surface area (Å²) in [6, 6.07) is 11.8. The lowest BCUT2D eigenvalue weighted by Crippen LogP contribution is -2.32. The fraction of sp³-hybridized carbons (Fsp3) is 0.438. The van der Waals surface area contributed by atoms with Crippen LogP contribution in [0.4, 0.5) is 0 Å². The van der Waals surface area contributed by atoms with Gasteiger partial charge in [0.25, 0.3) is 0 Å². The molecule has 0 saturated heterocycles. The second-order valence-corrected chi connectivity index (χ2v) is 5.55. The first kappa shape index (κ1) is 12.6. The summed E-state index contributed by atoms with van der Waals surface area (Å²) in [5.41, 5.74) is 9.41. The monoisotopic (exact) mass is 255 g/mol. The van der Waals surface area contributed by atoms with Gasteiger partial charge in [-0.25, -0.2) is 0 Å². The standard InChI is InChI=1S/C16H21N3/c1-11-3-4-12-9-13(5-8-15(12)18-11)16(10-17)19(2)14-6-7-14/h3-5,8-9,14,16H,6-7,10,17H2,1-2H3. The minimum absolute atomic E-state index is 0.318. The van der Waals surface area contributed by atoms with Crippen LogP contribution in [-0.4, -0.2) is 29.5 Å². The summed E-state index contributed by atoms with van der Waals surface area (Å²) < 4.78 is 0. The van der Waals surface area contributed by atoms with Gasteiger partial charge in [-0.1, -0.05) is 12.1 Å². The smallest absolute Gasteiger partial charge is 0.0705 e. The molecule has 3 rings (SSSR count). The highest BCUT2D eigenvalue weighted by Crippen LogP contribution is 2.33. The average molecular weight is 255 g/mol. The van der Waals surface area contributed by atoms with Crippen LogP contribution in [0.3, 0.4) is 0 Å². The second-order valence-electron chi connectivity index (χ2n) is 5.55. The van der Waals surface area contributed by atoms with Gasteiger partial charge in [0.2, 0.25) is 0 Å². The summed E-state index contributed by atoms with van der Waals surface area (Å²) >= 11 is 0. The summed E-state index contributed by atoms with van der Waals surface area (Å²) in [7, 11) is 2.19. The zero-order valence-corrected chi connectivity index (χ0v) is 11.6. The Morgan fingerprint density at radius 2 is 2.11 bits per heavy atom. The predicted octanol–water partition coefficient (Wildman–Crippen LogP) is 2.64. The molecule has 3 nitrogen and oxygen atoms in total. The van der Waals surface area contributed by atoms with E-state index >= 15 is 0 Å². The number of aryl methyl sites for hydroxylation is 1. The van der Waals surface area contributed by atoms with Gasteiger partial charge in [0.15, 0.2) is 0 Å². The van der Waals surface area contributed by atoms with Crippen LogP contribution in [0.2, 0.25) is 0 Å². The Balaban J connectivity index is 1.96. The number of aromatic nitrogens is 1. The van der Waals surface area contributed by atoms with E-state index in [-0.39, 0.29) is 0 Å². The first-order chi connectivity index (χ1) is 9.19. The zero-order chi connectivity index (χ0) is 13.4. The molecule has 0 radical (unpaired) electrons. The van der Waals surface area contributed by atoms with Gasteiger partial charge in [-0.15, -0.1) is 0 Å². The molecule has 1 saturated carbocycles. The Labute approximate surface area is 114 Å². The Morgan fingerprint density at radius 3 is 2.79 bits per heavy atom. The molecule has 3 heteroatoms. The van der Waals surface area contributed by atoms with Gasteiger partial charge in [0, 0.05) is 29.7 Å². The van der Waals surface area contributed by atoms with Gasteiger partial charge in [-0.3, -0.25) is 9.88 Å². The van der Waals surface area contributed by atoms with Gasteiger partial charge in [-0.2, -0.15) is 0 Å². The molecule has 2 aromatic rings. The van der Waals surface area contributed by atoms with Crippen molar-refractivity contribution in [2.45, 2.75) is 31.8 Å². The van der Waals surface area contributed by atoms with Crippen molar-refractivity contribution in [2.24, 2.45) is 5.73 Å². The van der Waals surface area contributed by atoms with Crippen LogP contribution in [-0.2, 0) is 0 Å². The molecular weight excluding hydrogens is 234 g/mol. The van der Waals surface area contributed by atoms with Crippen LogP contribution in [0, 0.1) is 6.92 Å². The van der Waals surface area contributed by atoms with E-state index in [4.69, 9.17) is 5.73 Å². The molecule has 0 amide bonds. The molecule has 1 atom stereocenters. The number of hydrogen-bond donors (Lipinski definition) is 1. The van der Waals surface area contributed by atoms with E-state index in [2.05, 4.69) is 47.3 Å². The third-order valence-corrected chi connectivity index (χ3v) is 4.07. The molecule has 0 aliphatic heterocycles. The lowest BCUT2D eigenvalue weighted by molar-refractivity contribution is 0.240. The van der Waals surface area contributed by atoms with E-state index in [0.717, 1.165) is 17.3 Å². The fourth-order valence-electron chi connectivity index (χ4n) is 2.73. The van der Waals surface area contributed by atoms with Crippen molar-refractivity contribution in [3.05, 3.63) is 41.6 Å². The molecule has 1 aliphatic carbocycles. The second kappa shape index (κ2) is 4.91.